The lowest BCUT2D eigenvalue weighted by Crippen LogP contribution is -2.50. The molecule has 0 unspecified atom stereocenters. The molecule has 1 aliphatic heterocycles. The van der Waals surface area contributed by atoms with Gasteiger partial charge in [0.1, 0.15) is 0 Å². The molecule has 5 rings (SSSR count). The van der Waals surface area contributed by atoms with Crippen LogP contribution >= 0.6 is 0 Å². The van der Waals surface area contributed by atoms with Crippen molar-refractivity contribution in [1.82, 2.24) is 15.2 Å². The van der Waals surface area contributed by atoms with E-state index in [1.807, 2.05) is 12.3 Å². The van der Waals surface area contributed by atoms with Gasteiger partial charge in [0.25, 0.3) is 0 Å². The number of hydrogen-bond donors (Lipinski definition) is 2. The van der Waals surface area contributed by atoms with Crippen LogP contribution in [0.15, 0.2) is 60.8 Å². The first-order chi connectivity index (χ1) is 16.1. The number of carbonyl (C=O) groups excluding carboxylic acids is 1. The van der Waals surface area contributed by atoms with Crippen LogP contribution < -0.4 is 10.2 Å². The number of nitrogens with one attached hydrogen (secondary N) is 2. The molecule has 2 N–H and O–H groups in total. The van der Waals surface area contributed by atoms with E-state index in [4.69, 9.17) is 0 Å². The topological polar surface area (TPSA) is 51.4 Å². The van der Waals surface area contributed by atoms with Crippen LogP contribution in [0, 0.1) is 5.41 Å². The Kier molecular flexibility index (Phi) is 6.41. The molecule has 5 nitrogen and oxygen atoms in total. The molecule has 1 saturated heterocycles. The first kappa shape index (κ1) is 22.0. The number of H-pyrrole nitrogens is 1. The Morgan fingerprint density at radius 3 is 2.48 bits per heavy atom. The molecule has 1 amide bonds. The predicted octanol–water partition coefficient (Wildman–Crippen LogP) is 5.12. The zero-order valence-corrected chi connectivity index (χ0v) is 19.7. The van der Waals surface area contributed by atoms with Crippen LogP contribution in [0.2, 0.25) is 0 Å². The molecule has 2 aliphatic rings. The summed E-state index contributed by atoms with van der Waals surface area (Å²) < 4.78 is 0. The molecular weight excluding hydrogens is 408 g/mol. The Morgan fingerprint density at radius 2 is 1.73 bits per heavy atom. The lowest BCUT2D eigenvalue weighted by atomic mass is 9.75. The van der Waals surface area contributed by atoms with E-state index in [0.717, 1.165) is 58.4 Å². The number of fused-ring (bicyclic) bond motifs is 1. The maximum absolute atomic E-state index is 13.3. The second-order valence-electron chi connectivity index (χ2n) is 10.1. The van der Waals surface area contributed by atoms with E-state index >= 15 is 0 Å². The third kappa shape index (κ3) is 4.79. The first-order valence-electron chi connectivity index (χ1n) is 12.5. The highest BCUT2D eigenvalue weighted by Gasteiger charge is 2.36. The van der Waals surface area contributed by atoms with Crippen molar-refractivity contribution in [3.8, 4) is 0 Å². The van der Waals surface area contributed by atoms with E-state index in [1.165, 1.54) is 28.6 Å². The number of carbonyl (C=O) groups is 1. The van der Waals surface area contributed by atoms with Gasteiger partial charge in [0.2, 0.25) is 5.91 Å². The first-order valence-corrected chi connectivity index (χ1v) is 12.5. The van der Waals surface area contributed by atoms with Crippen LogP contribution in [0.3, 0.4) is 0 Å². The zero-order chi connectivity index (χ0) is 22.7. The summed E-state index contributed by atoms with van der Waals surface area (Å²) in [5, 5.41) is 4.75. The highest BCUT2D eigenvalue weighted by atomic mass is 16.2. The summed E-state index contributed by atoms with van der Waals surface area (Å²) in [5.41, 5.74) is 3.48. The maximum Gasteiger partial charge on any atom is 0.226 e. The van der Waals surface area contributed by atoms with E-state index in [0.29, 0.717) is 0 Å². The van der Waals surface area contributed by atoms with E-state index in [1.54, 1.807) is 0 Å². The van der Waals surface area contributed by atoms with Crippen molar-refractivity contribution in [2.24, 2.45) is 5.41 Å². The largest absolute Gasteiger partial charge is 0.368 e. The number of aromatic amines is 1. The predicted molar refractivity (Wildman–Crippen MR) is 135 cm³/mol. The van der Waals surface area contributed by atoms with Gasteiger partial charge in [-0.05, 0) is 36.6 Å². The quantitative estimate of drug-likeness (QED) is 0.555. The molecule has 33 heavy (non-hydrogen) atoms. The van der Waals surface area contributed by atoms with E-state index < -0.39 is 0 Å². The molecule has 2 heterocycles. The van der Waals surface area contributed by atoms with Gasteiger partial charge in [0, 0.05) is 60.9 Å². The molecule has 174 valence electrons. The second-order valence-corrected chi connectivity index (χ2v) is 10.1. The van der Waals surface area contributed by atoms with Gasteiger partial charge in [-0.3, -0.25) is 9.69 Å². The number of nitrogens with zero attached hydrogens (tertiary/aromatic N) is 2. The zero-order valence-electron chi connectivity index (χ0n) is 19.7. The fourth-order valence-corrected chi connectivity index (χ4v) is 5.59. The van der Waals surface area contributed by atoms with Crippen LogP contribution in [0.4, 0.5) is 5.69 Å². The molecule has 0 spiro atoms. The van der Waals surface area contributed by atoms with Crippen molar-refractivity contribution in [3.63, 3.8) is 0 Å². The third-order valence-corrected chi connectivity index (χ3v) is 7.74. The summed E-state index contributed by atoms with van der Waals surface area (Å²) in [6.07, 6.45) is 7.61. The van der Waals surface area contributed by atoms with Gasteiger partial charge in [0.05, 0.1) is 6.04 Å². The minimum Gasteiger partial charge on any atom is -0.368 e. The van der Waals surface area contributed by atoms with E-state index in [-0.39, 0.29) is 17.4 Å². The van der Waals surface area contributed by atoms with Gasteiger partial charge in [-0.2, -0.15) is 0 Å². The Balaban J connectivity index is 1.26. The number of aromatic nitrogens is 1. The lowest BCUT2D eigenvalue weighted by Gasteiger charge is -2.39. The highest BCUT2D eigenvalue weighted by Crippen LogP contribution is 2.36. The molecule has 2 fully saturated rings. The molecule has 1 aliphatic carbocycles. The fourth-order valence-electron chi connectivity index (χ4n) is 5.59. The van der Waals surface area contributed by atoms with Gasteiger partial charge in [0.15, 0.2) is 0 Å². The standard InChI is InChI=1S/C28H36N4O/c1-28(14-6-3-7-15-28)27(33)30-25(22-9-4-2-5-10-22)21-31-17-19-32(20-18-31)26-12-8-11-24-23(26)13-16-29-24/h2,4-5,8-13,16,25,29H,3,6-7,14-15,17-21H2,1H3,(H,30,33)/t25-/m0/s1. The molecule has 3 aromatic rings. The molecule has 2 aromatic carbocycles. The smallest absolute Gasteiger partial charge is 0.226 e. The Morgan fingerprint density at radius 1 is 0.970 bits per heavy atom. The Bertz CT molecular complexity index is 1060. The maximum atomic E-state index is 13.3. The van der Waals surface area contributed by atoms with E-state index in [2.05, 4.69) is 75.6 Å². The van der Waals surface area contributed by atoms with Crippen molar-refractivity contribution in [3.05, 3.63) is 66.4 Å². The molecular formula is C28H36N4O. The summed E-state index contributed by atoms with van der Waals surface area (Å²) >= 11 is 0. The highest BCUT2D eigenvalue weighted by molar-refractivity contribution is 5.92. The van der Waals surface area contributed by atoms with Crippen LogP contribution in [-0.4, -0.2) is 48.5 Å². The van der Waals surface area contributed by atoms with Crippen molar-refractivity contribution in [2.45, 2.75) is 45.1 Å². The fraction of sp³-hybridized carbons (Fsp3) is 0.464. The van der Waals surface area contributed by atoms with Gasteiger partial charge in [-0.1, -0.05) is 62.6 Å². The summed E-state index contributed by atoms with van der Waals surface area (Å²) in [4.78, 5) is 21.7. The molecule has 1 aromatic heterocycles. The molecule has 1 saturated carbocycles. The summed E-state index contributed by atoms with van der Waals surface area (Å²) in [6, 6.07) is 19.2. The second kappa shape index (κ2) is 9.60. The van der Waals surface area contributed by atoms with Crippen molar-refractivity contribution >= 4 is 22.5 Å². The van der Waals surface area contributed by atoms with E-state index in [9.17, 15) is 4.79 Å². The van der Waals surface area contributed by atoms with Crippen LogP contribution in [0.25, 0.3) is 10.9 Å². The number of amides is 1. The van der Waals surface area contributed by atoms with Crippen molar-refractivity contribution < 1.29 is 4.79 Å². The van der Waals surface area contributed by atoms with Crippen molar-refractivity contribution in [2.75, 3.05) is 37.6 Å². The van der Waals surface area contributed by atoms with Crippen LogP contribution in [0.1, 0.15) is 50.6 Å². The third-order valence-electron chi connectivity index (χ3n) is 7.74. The van der Waals surface area contributed by atoms with Crippen LogP contribution in [0.5, 0.6) is 0 Å². The van der Waals surface area contributed by atoms with Gasteiger partial charge in [-0.15, -0.1) is 0 Å². The SMILES string of the molecule is CC1(C(=O)N[C@@H](CN2CCN(c3cccc4[nH]ccc34)CC2)c2ccccc2)CCCCC1. The average molecular weight is 445 g/mol. The normalized spacial score (nSPS) is 20.0. The number of hydrogen-bond acceptors (Lipinski definition) is 3. The molecule has 5 heteroatoms. The molecule has 0 bridgehead atoms. The van der Waals surface area contributed by atoms with Crippen molar-refractivity contribution in [1.29, 1.82) is 0 Å². The number of rotatable bonds is 6. The summed E-state index contributed by atoms with van der Waals surface area (Å²) in [6.45, 7) is 7.00. The average Bonchev–Trinajstić information content (AvgIpc) is 3.34. The Hall–Kier alpha value is -2.79. The molecule has 1 atom stereocenters. The number of anilines is 1. The minimum atomic E-state index is -0.223. The summed E-state index contributed by atoms with van der Waals surface area (Å²) in [5.74, 6) is 0.230. The van der Waals surface area contributed by atoms with Gasteiger partial charge < -0.3 is 15.2 Å². The monoisotopic (exact) mass is 444 g/mol. The Labute approximate surface area is 197 Å². The number of piperazine rings is 1. The summed E-state index contributed by atoms with van der Waals surface area (Å²) in [7, 11) is 0. The van der Waals surface area contributed by atoms with Gasteiger partial charge >= 0.3 is 0 Å². The number of benzene rings is 2. The lowest BCUT2D eigenvalue weighted by molar-refractivity contribution is -0.132. The minimum absolute atomic E-state index is 0.0251. The molecule has 0 radical (unpaired) electrons. The van der Waals surface area contributed by atoms with Gasteiger partial charge in [-0.25, -0.2) is 0 Å². The van der Waals surface area contributed by atoms with Crippen LogP contribution in [-0.2, 0) is 4.79 Å².